The molecule has 4 rings (SSSR count). The van der Waals surface area contributed by atoms with Gasteiger partial charge in [-0.15, -0.1) is 0 Å². The molecule has 0 aliphatic carbocycles. The number of nitrogens with one attached hydrogen (secondary N) is 1. The summed E-state index contributed by atoms with van der Waals surface area (Å²) in [5.74, 6) is -2.79. The number of benzene rings is 2. The van der Waals surface area contributed by atoms with E-state index in [0.29, 0.717) is 49.5 Å². The van der Waals surface area contributed by atoms with E-state index in [9.17, 15) is 26.4 Å². The molecule has 0 spiro atoms. The number of nitrogens with zero attached hydrogens (tertiary/aromatic N) is 3. The Balaban J connectivity index is 0.000000532. The molecule has 0 saturated carbocycles. The van der Waals surface area contributed by atoms with Crippen LogP contribution in [-0.4, -0.2) is 79.0 Å². The summed E-state index contributed by atoms with van der Waals surface area (Å²) in [6.07, 6.45) is -2.08. The average molecular weight is 570 g/mol. The predicted octanol–water partition coefficient (Wildman–Crippen LogP) is 3.48. The molecule has 0 bridgehead atoms. The van der Waals surface area contributed by atoms with Crippen molar-refractivity contribution >= 4 is 33.5 Å². The summed E-state index contributed by atoms with van der Waals surface area (Å²) in [6, 6.07) is 15.6. The van der Waals surface area contributed by atoms with Gasteiger partial charge in [-0.25, -0.2) is 18.0 Å². The molecule has 14 heteroatoms. The molecule has 2 amide bonds. The van der Waals surface area contributed by atoms with Gasteiger partial charge in [0.2, 0.25) is 10.0 Å². The molecule has 0 unspecified atom stereocenters. The Kier molecular flexibility index (Phi) is 9.56. The fraction of sp³-hybridized carbons (Fsp3) is 0.400. The average Bonchev–Trinajstić information content (AvgIpc) is 3.10. The number of sulfonamides is 1. The molecule has 2 aliphatic heterocycles. The minimum absolute atomic E-state index is 0.00122. The van der Waals surface area contributed by atoms with Crippen LogP contribution in [0, 0.1) is 5.41 Å². The molecule has 2 aromatic rings. The number of aliphatic carboxylic acids is 1. The summed E-state index contributed by atoms with van der Waals surface area (Å²) in [5, 5.41) is 14.8. The topological polar surface area (TPSA) is 148 Å². The Morgan fingerprint density at radius 2 is 1.56 bits per heavy atom. The van der Waals surface area contributed by atoms with Crippen molar-refractivity contribution in [3.63, 3.8) is 0 Å². The molecule has 0 atom stereocenters. The van der Waals surface area contributed by atoms with E-state index in [0.717, 1.165) is 18.5 Å². The van der Waals surface area contributed by atoms with Gasteiger partial charge in [-0.1, -0.05) is 30.3 Å². The third-order valence-electron chi connectivity index (χ3n) is 6.46. The molecule has 39 heavy (non-hydrogen) atoms. The number of carboxylic acids is 1. The number of alkyl halides is 3. The first-order chi connectivity index (χ1) is 18.3. The molecule has 2 aromatic carbocycles. The Labute approximate surface area is 224 Å². The van der Waals surface area contributed by atoms with E-state index in [1.165, 1.54) is 4.31 Å². The predicted molar refractivity (Wildman–Crippen MR) is 138 cm³/mol. The van der Waals surface area contributed by atoms with E-state index in [1.807, 2.05) is 17.0 Å². The summed E-state index contributed by atoms with van der Waals surface area (Å²) < 4.78 is 59.1. The number of nitrogen functional groups attached to an aromatic ring is 1. The Bertz CT molecular complexity index is 1280. The van der Waals surface area contributed by atoms with Gasteiger partial charge in [0.15, 0.2) is 0 Å². The first kappa shape index (κ1) is 29.9. The van der Waals surface area contributed by atoms with E-state index in [-0.39, 0.29) is 17.9 Å². The van der Waals surface area contributed by atoms with Crippen LogP contribution in [0.3, 0.4) is 0 Å². The number of carboxylic acid groups (broad SMARTS) is 1. The molecule has 4 N–H and O–H groups in total. The van der Waals surface area contributed by atoms with Crippen molar-refractivity contribution in [3.05, 3.63) is 60.2 Å². The van der Waals surface area contributed by atoms with Crippen LogP contribution < -0.4 is 10.6 Å². The Hall–Kier alpha value is -3.65. The quantitative estimate of drug-likeness (QED) is 0.371. The zero-order valence-electron chi connectivity index (χ0n) is 21.0. The van der Waals surface area contributed by atoms with Crippen LogP contribution in [0.4, 0.5) is 23.7 Å². The van der Waals surface area contributed by atoms with Crippen molar-refractivity contribution in [2.45, 2.75) is 42.8 Å². The van der Waals surface area contributed by atoms with Crippen LogP contribution in [0.25, 0.3) is 0 Å². The lowest BCUT2D eigenvalue weighted by Crippen LogP contribution is -2.52. The fourth-order valence-electron chi connectivity index (χ4n) is 4.45. The van der Waals surface area contributed by atoms with Crippen LogP contribution in [0.15, 0.2) is 59.5 Å². The van der Waals surface area contributed by atoms with Crippen LogP contribution in [-0.2, 0) is 14.8 Å². The normalized spacial score (nSPS) is 17.7. The van der Waals surface area contributed by atoms with Gasteiger partial charge in [0, 0.05) is 43.5 Å². The number of halogens is 3. The Morgan fingerprint density at radius 3 is 2.13 bits per heavy atom. The number of piperidine rings is 1. The largest absolute Gasteiger partial charge is 0.490 e. The summed E-state index contributed by atoms with van der Waals surface area (Å²) in [6.45, 7) is 2.06. The number of amidine groups is 1. The first-order valence-corrected chi connectivity index (χ1v) is 13.6. The van der Waals surface area contributed by atoms with E-state index in [2.05, 4.69) is 0 Å². The molecule has 2 aliphatic rings. The second-order valence-corrected chi connectivity index (χ2v) is 11.0. The van der Waals surface area contributed by atoms with E-state index in [1.54, 1.807) is 47.4 Å². The number of urea groups is 1. The van der Waals surface area contributed by atoms with Crippen molar-refractivity contribution in [1.29, 1.82) is 5.41 Å². The molecule has 2 fully saturated rings. The fourth-order valence-corrected chi connectivity index (χ4v) is 5.94. The van der Waals surface area contributed by atoms with Gasteiger partial charge < -0.3 is 15.7 Å². The monoisotopic (exact) mass is 569 g/mol. The summed E-state index contributed by atoms with van der Waals surface area (Å²) in [4.78, 5) is 26.3. The number of hydrogen-bond donors (Lipinski definition) is 3. The molecular formula is C25H30F3N5O5S. The van der Waals surface area contributed by atoms with Crippen LogP contribution in [0.1, 0.15) is 31.2 Å². The van der Waals surface area contributed by atoms with E-state index >= 15 is 0 Å². The standard InChI is InChI=1S/C23H29N5O3S.C2HF3O2/c24-22(25)18-7-6-8-20(17-18)28-14-5-4-13-27(23(28)29)19-11-15-26(16-12-19)32(30,31)21-9-2-1-3-10-21;3-2(4,5)1(6)7/h1-3,6-10,17,19H,4-5,11-16H2,(H3,24,25);(H,6,7). The van der Waals surface area contributed by atoms with Gasteiger partial charge in [-0.05, 0) is 49.9 Å². The second kappa shape index (κ2) is 12.5. The molecule has 212 valence electrons. The van der Waals surface area contributed by atoms with Gasteiger partial charge in [0.25, 0.3) is 0 Å². The number of anilines is 1. The number of carbonyl (C=O) groups is 2. The summed E-state index contributed by atoms with van der Waals surface area (Å²) >= 11 is 0. The highest BCUT2D eigenvalue weighted by Crippen LogP contribution is 2.27. The van der Waals surface area contributed by atoms with Crippen molar-refractivity contribution in [1.82, 2.24) is 9.21 Å². The smallest absolute Gasteiger partial charge is 0.475 e. The maximum Gasteiger partial charge on any atom is 0.490 e. The van der Waals surface area contributed by atoms with Crippen molar-refractivity contribution < 1.29 is 36.3 Å². The first-order valence-electron chi connectivity index (χ1n) is 12.2. The number of amides is 2. The number of nitrogens with two attached hydrogens (primary N) is 1. The van der Waals surface area contributed by atoms with Gasteiger partial charge >= 0.3 is 18.2 Å². The lowest BCUT2D eigenvalue weighted by Gasteiger charge is -2.39. The minimum atomic E-state index is -5.08. The maximum atomic E-state index is 13.5. The molecule has 0 aromatic heterocycles. The number of hydrogen-bond acceptors (Lipinski definition) is 5. The summed E-state index contributed by atoms with van der Waals surface area (Å²) in [5.41, 5.74) is 6.95. The second-order valence-electron chi connectivity index (χ2n) is 9.05. The highest BCUT2D eigenvalue weighted by atomic mass is 32.2. The molecule has 0 radical (unpaired) electrons. The van der Waals surface area contributed by atoms with E-state index < -0.39 is 22.2 Å². The van der Waals surface area contributed by atoms with Gasteiger partial charge in [0.1, 0.15) is 5.84 Å². The lowest BCUT2D eigenvalue weighted by atomic mass is 10.0. The van der Waals surface area contributed by atoms with Crippen molar-refractivity contribution in [3.8, 4) is 0 Å². The lowest BCUT2D eigenvalue weighted by molar-refractivity contribution is -0.192. The third kappa shape index (κ3) is 7.47. The van der Waals surface area contributed by atoms with Gasteiger partial charge in [-0.3, -0.25) is 10.3 Å². The zero-order chi connectivity index (χ0) is 28.8. The highest BCUT2D eigenvalue weighted by Gasteiger charge is 2.38. The van der Waals surface area contributed by atoms with Crippen LogP contribution in [0.5, 0.6) is 0 Å². The van der Waals surface area contributed by atoms with Gasteiger partial charge in [0.05, 0.1) is 4.90 Å². The Morgan fingerprint density at radius 1 is 0.974 bits per heavy atom. The highest BCUT2D eigenvalue weighted by molar-refractivity contribution is 7.89. The minimum Gasteiger partial charge on any atom is -0.475 e. The molecule has 2 heterocycles. The third-order valence-corrected chi connectivity index (χ3v) is 8.38. The van der Waals surface area contributed by atoms with Gasteiger partial charge in [-0.2, -0.15) is 17.5 Å². The van der Waals surface area contributed by atoms with Crippen LogP contribution in [0.2, 0.25) is 0 Å². The number of rotatable bonds is 5. The van der Waals surface area contributed by atoms with Crippen LogP contribution >= 0.6 is 0 Å². The maximum absolute atomic E-state index is 13.5. The number of carbonyl (C=O) groups excluding carboxylic acids is 1. The molecule has 2 saturated heterocycles. The van der Waals surface area contributed by atoms with Crippen molar-refractivity contribution in [2.75, 3.05) is 31.1 Å². The van der Waals surface area contributed by atoms with E-state index in [4.69, 9.17) is 21.0 Å². The van der Waals surface area contributed by atoms with Crippen molar-refractivity contribution in [2.24, 2.45) is 5.73 Å². The molecular weight excluding hydrogens is 539 g/mol. The SMILES string of the molecule is N=C(N)c1cccc(N2CCCCN(C3CCN(S(=O)(=O)c4ccccc4)CC3)C2=O)c1.O=C(O)C(F)(F)F. The molecule has 10 nitrogen and oxygen atoms in total. The summed E-state index contributed by atoms with van der Waals surface area (Å²) in [7, 11) is -3.52. The zero-order valence-corrected chi connectivity index (χ0v) is 21.8.